The van der Waals surface area contributed by atoms with Gasteiger partial charge in [-0.1, -0.05) is 0 Å². The van der Waals surface area contributed by atoms with Crippen LogP contribution in [0.1, 0.15) is 41.5 Å². The molecular weight excluding hydrogens is 382 g/mol. The van der Waals surface area contributed by atoms with E-state index in [-0.39, 0.29) is 59.0 Å². The van der Waals surface area contributed by atoms with Crippen LogP contribution in [0.2, 0.25) is 0 Å². The van der Waals surface area contributed by atoms with Crippen molar-refractivity contribution in [3.8, 4) is 6.07 Å². The molecule has 2 unspecified atom stereocenters. The van der Waals surface area contributed by atoms with E-state index in [2.05, 4.69) is 0 Å². The van der Waals surface area contributed by atoms with Crippen LogP contribution in [0.25, 0.3) is 0 Å². The third-order valence-electron chi connectivity index (χ3n) is 1.33. The molecule has 0 aromatic rings. The maximum atomic E-state index is 9.89. The van der Waals surface area contributed by atoms with E-state index < -0.39 is 18.0 Å². The Morgan fingerprint density at radius 2 is 1.09 bits per heavy atom. The molecule has 0 saturated carbocycles. The largest absolute Gasteiger partial charge is 2.00 e. The number of hydrogen-bond donors (Lipinski definition) is 2. The quantitative estimate of drug-likeness (QED) is 0.220. The Labute approximate surface area is 165 Å². The van der Waals surface area contributed by atoms with Crippen LogP contribution in [0.5, 0.6) is 0 Å². The fraction of sp³-hybridized carbons (Fsp3) is 0.571. The summed E-state index contributed by atoms with van der Waals surface area (Å²) < 4.78 is 0. The van der Waals surface area contributed by atoms with Crippen molar-refractivity contribution in [2.75, 3.05) is 0 Å². The maximum absolute atomic E-state index is 9.89. The van der Waals surface area contributed by atoms with Crippen molar-refractivity contribution >= 4 is 46.7 Å². The molecule has 132 valence electrons. The van der Waals surface area contributed by atoms with Gasteiger partial charge in [-0.2, -0.15) is 5.26 Å². The molecule has 0 aromatic heterocycles. The maximum Gasteiger partial charge on any atom is 2.00 e. The van der Waals surface area contributed by atoms with Gasteiger partial charge >= 0.3 is 23.1 Å². The molecular formula is C14H26BrMgNO6. The second kappa shape index (κ2) is 33.1. The molecule has 7 nitrogen and oxygen atoms in total. The van der Waals surface area contributed by atoms with Crippen LogP contribution in [0.4, 0.5) is 0 Å². The molecule has 9 heteroatoms. The van der Waals surface area contributed by atoms with Gasteiger partial charge in [-0.05, 0) is 34.6 Å². The molecule has 0 bridgehead atoms. The second-order valence-electron chi connectivity index (χ2n) is 3.48. The number of halogens is 1. The van der Waals surface area contributed by atoms with Crippen LogP contribution in [0.15, 0.2) is 0 Å². The van der Waals surface area contributed by atoms with Crippen LogP contribution in [0.3, 0.4) is 0 Å². The first kappa shape index (κ1) is 43.2. The summed E-state index contributed by atoms with van der Waals surface area (Å²) in [5.74, 6) is -0.810. The van der Waals surface area contributed by atoms with E-state index in [9.17, 15) is 14.4 Å². The molecule has 0 radical (unpaired) electrons. The molecule has 0 spiro atoms. The van der Waals surface area contributed by atoms with Gasteiger partial charge in [-0.3, -0.25) is 14.4 Å². The van der Waals surface area contributed by atoms with Crippen molar-refractivity contribution in [2.24, 2.45) is 0 Å². The Bertz CT molecular complexity index is 323. The van der Waals surface area contributed by atoms with Gasteiger partial charge in [0.1, 0.15) is 24.6 Å². The minimum atomic E-state index is -0.787. The molecule has 0 rings (SSSR count). The summed E-state index contributed by atoms with van der Waals surface area (Å²) in [4.78, 5) is 38.0. The molecule has 23 heavy (non-hydrogen) atoms. The number of Topliss-reactive ketones (excluding diaryl/α,β-unsaturated/α-hetero) is 3. The van der Waals surface area contributed by atoms with E-state index in [4.69, 9.17) is 20.3 Å². The zero-order chi connectivity index (χ0) is 17.3. The normalized spacial score (nSPS) is 9.00. The van der Waals surface area contributed by atoms with E-state index in [1.54, 1.807) is 0 Å². The fourth-order valence-corrected chi connectivity index (χ4v) is 0. The van der Waals surface area contributed by atoms with Crippen LogP contribution >= 0.6 is 0 Å². The first-order chi connectivity index (χ1) is 8.97. The number of hydrogen-bond acceptors (Lipinski definition) is 7. The zero-order valence-electron chi connectivity index (χ0n) is 14.8. The molecule has 0 amide bonds. The van der Waals surface area contributed by atoms with Gasteiger partial charge in [0.2, 0.25) is 5.78 Å². The molecule has 2 atom stereocenters. The molecule has 2 N–H and O–H groups in total. The molecule has 0 aliphatic rings. The van der Waals surface area contributed by atoms with E-state index in [0.717, 1.165) is 6.29 Å². The van der Waals surface area contributed by atoms with Gasteiger partial charge < -0.3 is 39.4 Å². The van der Waals surface area contributed by atoms with Gasteiger partial charge in [-0.25, -0.2) is 0 Å². The topological polar surface area (TPSA) is 133 Å². The summed E-state index contributed by atoms with van der Waals surface area (Å²) in [6.45, 7) is 8.26. The Kier molecular flexibility index (Phi) is 62.1. The Morgan fingerprint density at radius 3 is 1.09 bits per heavy atom. The molecule has 0 fully saturated rings. The van der Waals surface area contributed by atoms with E-state index in [1.807, 2.05) is 0 Å². The summed E-state index contributed by atoms with van der Waals surface area (Å²) in [7, 11) is 0. The minimum absolute atomic E-state index is 0. The second-order valence-corrected chi connectivity index (χ2v) is 3.48. The average Bonchev–Trinajstić information content (AvgIpc) is 2.31. The Morgan fingerprint density at radius 1 is 1.00 bits per heavy atom. The number of carbonyl (C=O) groups excluding carboxylic acids is 4. The minimum Gasteiger partial charge on any atom is -1.00 e. The molecule has 0 aliphatic carbocycles. The summed E-state index contributed by atoms with van der Waals surface area (Å²) in [6.07, 6.45) is -0.824. The third kappa shape index (κ3) is 91.5. The average molecular weight is 409 g/mol. The van der Waals surface area contributed by atoms with E-state index >= 15 is 0 Å². The van der Waals surface area contributed by atoms with Crippen molar-refractivity contribution in [1.82, 2.24) is 0 Å². The molecule has 0 aromatic carbocycles. The summed E-state index contributed by atoms with van der Waals surface area (Å²) in [6, 6.07) is 1.39. The fourth-order valence-electron chi connectivity index (χ4n) is 0. The number of aliphatic hydroxyl groups excluding tert-OH is 2. The van der Waals surface area contributed by atoms with Crippen molar-refractivity contribution < 1.29 is 46.4 Å². The smallest absolute Gasteiger partial charge is 1.00 e. The van der Waals surface area contributed by atoms with Gasteiger partial charge in [-0.15, -0.1) is 0 Å². The number of aliphatic hydroxyl groups is 2. The number of nitrogens with zero attached hydrogens (tertiary/aromatic N) is 1. The van der Waals surface area contributed by atoms with E-state index in [1.165, 1.54) is 47.6 Å². The standard InChI is InChI=1S/2C4H8O2.C3H3NO.C2H4O.CH3.BrH.Mg/c2*1-3(5)4(2)6;1-3(5)2-4;1-2-3;;;/h2*3,5H,1-2H3;1H3;2H,1H3;1H3;1H;/q;;;;-1;;+2/p-1. The summed E-state index contributed by atoms with van der Waals surface area (Å²) in [5.41, 5.74) is 0. The molecule has 0 heterocycles. The monoisotopic (exact) mass is 407 g/mol. The van der Waals surface area contributed by atoms with Crippen LogP contribution in [-0.2, 0) is 19.2 Å². The third-order valence-corrected chi connectivity index (χ3v) is 1.33. The summed E-state index contributed by atoms with van der Waals surface area (Å²) in [5, 5.41) is 24.1. The van der Waals surface area contributed by atoms with Gasteiger partial charge in [0, 0.05) is 6.92 Å². The SMILES string of the molecule is CC(=O)C#N.CC(=O)C(C)O.CC(=O)C(C)O.CC=O.[Br-].[CH3-].[Mg+2]. The number of nitriles is 1. The van der Waals surface area contributed by atoms with Crippen molar-refractivity contribution in [2.45, 2.75) is 53.8 Å². The number of ketones is 3. The number of aldehydes is 1. The predicted octanol–water partition coefficient (Wildman–Crippen LogP) is -2.71. The molecule has 0 saturated heterocycles. The number of carbonyl (C=O) groups is 4. The first-order valence-corrected chi connectivity index (χ1v) is 5.65. The van der Waals surface area contributed by atoms with Crippen molar-refractivity contribution in [1.29, 1.82) is 5.26 Å². The van der Waals surface area contributed by atoms with Gasteiger partial charge in [0.25, 0.3) is 0 Å². The van der Waals surface area contributed by atoms with Gasteiger partial charge in [0.05, 0.1) is 0 Å². The van der Waals surface area contributed by atoms with E-state index in [0.29, 0.717) is 0 Å². The van der Waals surface area contributed by atoms with Crippen LogP contribution < -0.4 is 17.0 Å². The number of rotatable bonds is 2. The Hall–Kier alpha value is -0.664. The van der Waals surface area contributed by atoms with Gasteiger partial charge in [0.15, 0.2) is 11.6 Å². The zero-order valence-corrected chi connectivity index (χ0v) is 17.8. The first-order valence-electron chi connectivity index (χ1n) is 5.65. The molecule has 0 aliphatic heterocycles. The van der Waals surface area contributed by atoms with Crippen molar-refractivity contribution in [3.63, 3.8) is 0 Å². The van der Waals surface area contributed by atoms with Crippen LogP contribution in [-0.4, -0.2) is 69.1 Å². The Balaban J connectivity index is -0.0000000291. The van der Waals surface area contributed by atoms with Crippen LogP contribution in [0, 0.1) is 18.8 Å². The summed E-state index contributed by atoms with van der Waals surface area (Å²) >= 11 is 0. The van der Waals surface area contributed by atoms with Crippen molar-refractivity contribution in [3.05, 3.63) is 7.43 Å². The predicted molar refractivity (Wildman–Crippen MR) is 84.9 cm³/mol.